The van der Waals surface area contributed by atoms with Crippen molar-refractivity contribution >= 4 is 38.4 Å². The smallest absolute Gasteiger partial charge is 0.232 e. The minimum atomic E-state index is -1.12. The van der Waals surface area contributed by atoms with Gasteiger partial charge in [-0.25, -0.2) is 4.98 Å². The van der Waals surface area contributed by atoms with Gasteiger partial charge in [-0.05, 0) is 47.4 Å². The van der Waals surface area contributed by atoms with E-state index in [-0.39, 0.29) is 0 Å². The van der Waals surface area contributed by atoms with Crippen molar-refractivity contribution in [1.82, 2.24) is 15.0 Å². The molecule has 4 heterocycles. The highest BCUT2D eigenvalue weighted by Crippen LogP contribution is 2.43. The summed E-state index contributed by atoms with van der Waals surface area (Å²) in [5.74, 6) is 0.616. The molecule has 0 saturated carbocycles. The van der Waals surface area contributed by atoms with Gasteiger partial charge in [0.25, 0.3) is 0 Å². The van der Waals surface area contributed by atoms with Crippen molar-refractivity contribution in [2.75, 3.05) is 11.5 Å². The molecule has 4 aromatic rings. The molecule has 0 aliphatic heterocycles. The largest absolute Gasteiger partial charge is 0.611 e. The summed E-state index contributed by atoms with van der Waals surface area (Å²) in [5, 5.41) is 0.852. The van der Waals surface area contributed by atoms with Gasteiger partial charge in [-0.15, -0.1) is 0 Å². The summed E-state index contributed by atoms with van der Waals surface area (Å²) in [5.41, 5.74) is 10.7. The maximum atomic E-state index is 12.8. The Kier molecular flexibility index (Phi) is 5.57. The molecule has 0 aromatic carbocycles. The molecule has 0 aliphatic rings. The van der Waals surface area contributed by atoms with Gasteiger partial charge in [-0.3, -0.25) is 9.97 Å². The first-order valence-electron chi connectivity index (χ1n) is 9.11. The van der Waals surface area contributed by atoms with E-state index in [0.29, 0.717) is 15.6 Å². The van der Waals surface area contributed by atoms with E-state index in [1.54, 1.807) is 18.6 Å². The van der Waals surface area contributed by atoms with E-state index in [2.05, 4.69) is 16.9 Å². The number of nitrogens with zero attached hydrogens (tertiary/aromatic N) is 3. The van der Waals surface area contributed by atoms with Crippen molar-refractivity contribution in [3.05, 3.63) is 55.1 Å². The number of fused-ring (bicyclic) bond motifs is 1. The van der Waals surface area contributed by atoms with Crippen LogP contribution in [0.1, 0.15) is 19.8 Å². The van der Waals surface area contributed by atoms with Crippen molar-refractivity contribution < 1.29 is 4.55 Å². The van der Waals surface area contributed by atoms with E-state index in [1.165, 1.54) is 11.3 Å². The van der Waals surface area contributed by atoms with Gasteiger partial charge in [0.1, 0.15) is 16.3 Å². The fraction of sp³-hybridized carbons (Fsp3) is 0.190. The first kappa shape index (κ1) is 18.9. The Hall–Kier alpha value is -2.48. The molecule has 0 unspecified atom stereocenters. The number of nitrogens with two attached hydrogens (primary N) is 1. The Balaban J connectivity index is 1.94. The highest BCUT2D eigenvalue weighted by atomic mass is 32.2. The summed E-state index contributed by atoms with van der Waals surface area (Å²) in [7, 11) is 0. The van der Waals surface area contributed by atoms with Gasteiger partial charge in [0.05, 0.1) is 5.69 Å². The molecule has 142 valence electrons. The molecule has 28 heavy (non-hydrogen) atoms. The highest BCUT2D eigenvalue weighted by Gasteiger charge is 2.24. The number of unbranched alkanes of at least 4 members (excludes halogenated alkanes) is 1. The third kappa shape index (κ3) is 3.61. The minimum Gasteiger partial charge on any atom is -0.611 e. The molecule has 7 heteroatoms. The zero-order chi connectivity index (χ0) is 19.5. The fourth-order valence-electron chi connectivity index (χ4n) is 3.05. The molecule has 2 N–H and O–H groups in total. The van der Waals surface area contributed by atoms with Crippen LogP contribution in [0.15, 0.2) is 59.3 Å². The summed E-state index contributed by atoms with van der Waals surface area (Å²) in [6.45, 7) is 2.09. The van der Waals surface area contributed by atoms with Crippen molar-refractivity contribution in [3.63, 3.8) is 0 Å². The summed E-state index contributed by atoms with van der Waals surface area (Å²) in [6.07, 6.45) is 8.99. The molecule has 0 radical (unpaired) electrons. The van der Waals surface area contributed by atoms with Crippen LogP contribution >= 0.6 is 11.3 Å². The zero-order valence-electron chi connectivity index (χ0n) is 15.5. The van der Waals surface area contributed by atoms with E-state index >= 15 is 0 Å². The summed E-state index contributed by atoms with van der Waals surface area (Å²) >= 11 is 0.305. The first-order valence-corrected chi connectivity index (χ1v) is 11.2. The number of hydrogen-bond acceptors (Lipinski definition) is 6. The van der Waals surface area contributed by atoms with Gasteiger partial charge >= 0.3 is 0 Å². The second kappa shape index (κ2) is 8.26. The van der Waals surface area contributed by atoms with Gasteiger partial charge in [0.2, 0.25) is 4.21 Å². The average Bonchev–Trinajstić information content (AvgIpc) is 3.09. The minimum absolute atomic E-state index is 0.568. The lowest BCUT2D eigenvalue weighted by Gasteiger charge is -2.09. The number of rotatable bonds is 6. The van der Waals surface area contributed by atoms with E-state index < -0.39 is 11.2 Å². The van der Waals surface area contributed by atoms with Crippen LogP contribution in [-0.4, -0.2) is 25.3 Å². The van der Waals surface area contributed by atoms with E-state index in [4.69, 9.17) is 10.7 Å². The molecule has 4 rings (SSSR count). The van der Waals surface area contributed by atoms with Crippen LogP contribution in [0.5, 0.6) is 0 Å². The van der Waals surface area contributed by atoms with Gasteiger partial charge in [-0.2, -0.15) is 0 Å². The Morgan fingerprint density at radius 1 is 1.11 bits per heavy atom. The maximum absolute atomic E-state index is 12.8. The fourth-order valence-corrected chi connectivity index (χ4v) is 5.85. The van der Waals surface area contributed by atoms with E-state index in [9.17, 15) is 4.55 Å². The predicted molar refractivity (Wildman–Crippen MR) is 117 cm³/mol. The monoisotopic (exact) mass is 408 g/mol. The lowest BCUT2D eigenvalue weighted by Crippen LogP contribution is -2.06. The Morgan fingerprint density at radius 2 is 1.82 bits per heavy atom. The van der Waals surface area contributed by atoms with Crippen LogP contribution < -0.4 is 5.73 Å². The van der Waals surface area contributed by atoms with Crippen LogP contribution in [0.4, 0.5) is 5.69 Å². The average molecular weight is 409 g/mol. The van der Waals surface area contributed by atoms with Crippen molar-refractivity contribution in [1.29, 1.82) is 0 Å². The SMILES string of the molecule is CCCC[S@+]([O-])c1sc2nc(-c3cccnc3)cc(-c3cccnc3)c2c1N. The molecule has 0 spiro atoms. The second-order valence-electron chi connectivity index (χ2n) is 6.43. The number of anilines is 1. The molecule has 0 amide bonds. The quantitative estimate of drug-likeness (QED) is 0.458. The molecule has 1 atom stereocenters. The van der Waals surface area contributed by atoms with Gasteiger partial charge in [0, 0.05) is 41.3 Å². The molecule has 0 saturated heterocycles. The molecule has 5 nitrogen and oxygen atoms in total. The van der Waals surface area contributed by atoms with Crippen LogP contribution in [0.2, 0.25) is 0 Å². The maximum Gasteiger partial charge on any atom is 0.232 e. The summed E-state index contributed by atoms with van der Waals surface area (Å²) in [4.78, 5) is 14.1. The first-order chi connectivity index (χ1) is 13.7. The standard InChI is InChI=1S/C21H20N4OS2/c1-2-3-10-28(26)21-19(22)18-16(14-6-4-8-23-12-14)11-17(25-20(18)27-21)15-7-5-9-24-13-15/h4-9,11-13H,2-3,10,22H2,1H3/t28-/m0/s1. The molecular weight excluding hydrogens is 388 g/mol. The van der Waals surface area contributed by atoms with Crippen molar-refractivity contribution in [2.45, 2.75) is 24.0 Å². The topological polar surface area (TPSA) is 87.8 Å². The Bertz CT molecular complexity index is 1080. The van der Waals surface area contributed by atoms with Gasteiger partial charge < -0.3 is 10.3 Å². The molecular formula is C21H20N4OS2. The van der Waals surface area contributed by atoms with Crippen LogP contribution in [-0.2, 0) is 11.2 Å². The number of thiophene rings is 1. The normalized spacial score (nSPS) is 12.4. The van der Waals surface area contributed by atoms with Crippen LogP contribution in [0.3, 0.4) is 0 Å². The number of hydrogen-bond donors (Lipinski definition) is 1. The van der Waals surface area contributed by atoms with Gasteiger partial charge in [0.15, 0.2) is 0 Å². The Morgan fingerprint density at radius 3 is 2.46 bits per heavy atom. The highest BCUT2D eigenvalue weighted by molar-refractivity contribution is 7.93. The number of aromatic nitrogens is 3. The third-order valence-electron chi connectivity index (χ3n) is 4.48. The molecule has 0 fully saturated rings. The van der Waals surface area contributed by atoms with Crippen LogP contribution in [0, 0.1) is 0 Å². The Labute approximate surface area is 170 Å². The van der Waals surface area contributed by atoms with Crippen LogP contribution in [0.25, 0.3) is 32.6 Å². The second-order valence-corrected chi connectivity index (χ2v) is 9.19. The summed E-state index contributed by atoms with van der Waals surface area (Å²) in [6, 6.07) is 9.77. The predicted octanol–water partition coefficient (Wildman–Crippen LogP) is 4.91. The molecule has 0 bridgehead atoms. The number of nitrogen functional groups attached to an aromatic ring is 1. The zero-order valence-corrected chi connectivity index (χ0v) is 17.1. The van der Waals surface area contributed by atoms with Crippen molar-refractivity contribution in [3.8, 4) is 22.4 Å². The van der Waals surface area contributed by atoms with Gasteiger partial charge in [-0.1, -0.05) is 30.7 Å². The lowest BCUT2D eigenvalue weighted by molar-refractivity contribution is 0.594. The van der Waals surface area contributed by atoms with E-state index in [0.717, 1.165) is 45.4 Å². The van der Waals surface area contributed by atoms with Crippen molar-refractivity contribution in [2.24, 2.45) is 0 Å². The third-order valence-corrected chi connectivity index (χ3v) is 7.48. The number of pyridine rings is 3. The molecule has 4 aromatic heterocycles. The lowest BCUT2D eigenvalue weighted by atomic mass is 10.0. The molecule has 0 aliphatic carbocycles. The summed E-state index contributed by atoms with van der Waals surface area (Å²) < 4.78 is 13.5. The van der Waals surface area contributed by atoms with E-state index in [1.807, 2.05) is 36.5 Å².